The van der Waals surface area contributed by atoms with E-state index in [0.717, 1.165) is 65.7 Å². The van der Waals surface area contributed by atoms with Crippen LogP contribution in [0.25, 0.3) is 0 Å². The van der Waals surface area contributed by atoms with E-state index in [-0.39, 0.29) is 16.4 Å². The molecule has 0 radical (unpaired) electrons. The van der Waals surface area contributed by atoms with E-state index in [0.29, 0.717) is 21.8 Å². The van der Waals surface area contributed by atoms with Crippen molar-refractivity contribution in [2.75, 3.05) is 10.6 Å². The number of fused-ring (bicyclic) bond motifs is 1. The fourth-order valence-corrected chi connectivity index (χ4v) is 7.21. The molecule has 0 fully saturated rings. The molecule has 0 unspecified atom stereocenters. The first kappa shape index (κ1) is 30.5. The van der Waals surface area contributed by atoms with Crippen LogP contribution in [0.4, 0.5) is 10.7 Å². The molecular formula is C32H29ClN2O6S2. The SMILES string of the molecule is Cc1cc(CCc2ccc(C(=O)Nc3c(NC(=O)c4cccc(S(=O)(=O)Cl)c4)sc4c3CCCC4)cc2)ccc1C(=O)O. The third-order valence-electron chi connectivity index (χ3n) is 7.45. The lowest BCUT2D eigenvalue weighted by Crippen LogP contribution is -2.17. The first-order valence-corrected chi connectivity index (χ1v) is 16.9. The lowest BCUT2D eigenvalue weighted by molar-refractivity contribution is 0.0695. The number of carbonyl (C=O) groups is 3. The van der Waals surface area contributed by atoms with Gasteiger partial charge in [0.2, 0.25) is 0 Å². The van der Waals surface area contributed by atoms with E-state index in [2.05, 4.69) is 10.6 Å². The number of hydrogen-bond acceptors (Lipinski definition) is 6. The fraction of sp³-hybridized carbons (Fsp3) is 0.219. The Bertz CT molecular complexity index is 1830. The van der Waals surface area contributed by atoms with Crippen molar-refractivity contribution in [3.8, 4) is 0 Å². The standard InChI is InChI=1S/C32H29ClN2O6S2/c1-19-17-21(13-16-25(19)32(38)39)10-9-20-11-14-22(15-12-20)29(36)34-28-26-7-2-3-8-27(26)42-31(28)35-30(37)23-5-4-6-24(18-23)43(33,40)41/h4-6,11-18H,2-3,7-10H2,1H3,(H,34,36)(H,35,37)(H,38,39). The van der Waals surface area contributed by atoms with Crippen LogP contribution in [0.1, 0.15) is 71.0 Å². The van der Waals surface area contributed by atoms with Crippen molar-refractivity contribution in [1.29, 1.82) is 0 Å². The quantitative estimate of drug-likeness (QED) is 0.172. The number of aryl methyl sites for hydroxylation is 4. The van der Waals surface area contributed by atoms with Gasteiger partial charge in [-0.15, -0.1) is 11.3 Å². The Balaban J connectivity index is 1.30. The molecule has 0 saturated carbocycles. The van der Waals surface area contributed by atoms with Crippen LogP contribution in [0.3, 0.4) is 0 Å². The summed E-state index contributed by atoms with van der Waals surface area (Å²) in [6.45, 7) is 1.79. The summed E-state index contributed by atoms with van der Waals surface area (Å²) in [4.78, 5) is 38.6. The second kappa shape index (κ2) is 12.7. The molecule has 0 atom stereocenters. The number of carboxylic acids is 1. The molecule has 3 aromatic carbocycles. The van der Waals surface area contributed by atoms with Crippen molar-refractivity contribution in [2.45, 2.75) is 50.3 Å². The van der Waals surface area contributed by atoms with Gasteiger partial charge in [0, 0.05) is 26.7 Å². The molecule has 1 aliphatic carbocycles. The van der Waals surface area contributed by atoms with Gasteiger partial charge in [-0.3, -0.25) is 9.59 Å². The van der Waals surface area contributed by atoms with Gasteiger partial charge in [-0.05, 0) is 104 Å². The average Bonchev–Trinajstić information content (AvgIpc) is 3.32. The topological polar surface area (TPSA) is 130 Å². The van der Waals surface area contributed by atoms with Crippen LogP contribution in [0.2, 0.25) is 0 Å². The Morgan fingerprint density at radius 3 is 2.23 bits per heavy atom. The van der Waals surface area contributed by atoms with E-state index in [1.807, 2.05) is 24.3 Å². The molecule has 0 spiro atoms. The van der Waals surface area contributed by atoms with Crippen LogP contribution < -0.4 is 10.6 Å². The van der Waals surface area contributed by atoms with E-state index < -0.39 is 20.9 Å². The number of rotatable bonds is 9. The van der Waals surface area contributed by atoms with E-state index in [4.69, 9.17) is 10.7 Å². The molecule has 0 saturated heterocycles. The molecule has 0 aliphatic heterocycles. The number of carbonyl (C=O) groups excluding carboxylic acids is 2. The zero-order valence-electron chi connectivity index (χ0n) is 23.3. The normalized spacial score (nSPS) is 12.8. The lowest BCUT2D eigenvalue weighted by atomic mass is 9.97. The summed E-state index contributed by atoms with van der Waals surface area (Å²) in [7, 11) is 1.46. The minimum absolute atomic E-state index is 0.133. The van der Waals surface area contributed by atoms with Crippen LogP contribution >= 0.6 is 22.0 Å². The Morgan fingerprint density at radius 1 is 0.860 bits per heavy atom. The molecule has 11 heteroatoms. The van der Waals surface area contributed by atoms with Crippen LogP contribution in [0.5, 0.6) is 0 Å². The number of aromatic carboxylic acids is 1. The Labute approximate surface area is 258 Å². The maximum absolute atomic E-state index is 13.3. The molecule has 1 heterocycles. The highest BCUT2D eigenvalue weighted by atomic mass is 35.7. The number of benzene rings is 3. The van der Waals surface area contributed by atoms with Gasteiger partial charge in [-0.2, -0.15) is 0 Å². The Hall–Kier alpha value is -3.99. The maximum Gasteiger partial charge on any atom is 0.335 e. The van der Waals surface area contributed by atoms with E-state index >= 15 is 0 Å². The summed E-state index contributed by atoms with van der Waals surface area (Å²) < 4.78 is 23.5. The molecule has 1 aliphatic rings. The van der Waals surface area contributed by atoms with Gasteiger partial charge in [0.15, 0.2) is 0 Å². The zero-order chi connectivity index (χ0) is 30.7. The van der Waals surface area contributed by atoms with Gasteiger partial charge >= 0.3 is 5.97 Å². The summed E-state index contributed by atoms with van der Waals surface area (Å²) in [6, 6.07) is 18.2. The van der Waals surface area contributed by atoms with Gasteiger partial charge in [0.25, 0.3) is 20.9 Å². The molecule has 8 nitrogen and oxygen atoms in total. The number of anilines is 2. The summed E-state index contributed by atoms with van der Waals surface area (Å²) in [5.74, 6) is -1.75. The predicted octanol–water partition coefficient (Wildman–Crippen LogP) is 6.85. The Morgan fingerprint density at radius 2 is 1.53 bits per heavy atom. The van der Waals surface area contributed by atoms with Crippen LogP contribution in [0.15, 0.2) is 71.6 Å². The van der Waals surface area contributed by atoms with Gasteiger partial charge in [-0.1, -0.05) is 30.3 Å². The molecule has 1 aromatic heterocycles. The van der Waals surface area contributed by atoms with Crippen LogP contribution in [-0.2, 0) is 34.7 Å². The summed E-state index contributed by atoms with van der Waals surface area (Å²) >= 11 is 1.42. The predicted molar refractivity (Wildman–Crippen MR) is 168 cm³/mol. The number of thiophene rings is 1. The highest BCUT2D eigenvalue weighted by Crippen LogP contribution is 2.42. The van der Waals surface area contributed by atoms with Crippen molar-refractivity contribution in [3.05, 3.63) is 111 Å². The third kappa shape index (κ3) is 7.15. The van der Waals surface area contributed by atoms with Crippen LogP contribution in [0, 0.1) is 6.92 Å². The highest BCUT2D eigenvalue weighted by molar-refractivity contribution is 8.13. The van der Waals surface area contributed by atoms with Gasteiger partial charge < -0.3 is 15.7 Å². The van der Waals surface area contributed by atoms with Gasteiger partial charge in [0.05, 0.1) is 16.1 Å². The maximum atomic E-state index is 13.3. The molecule has 222 valence electrons. The second-order valence-corrected chi connectivity index (χ2v) is 14.1. The first-order chi connectivity index (χ1) is 20.5. The van der Waals surface area contributed by atoms with Crippen molar-refractivity contribution < 1.29 is 27.9 Å². The molecule has 2 amide bonds. The molecule has 3 N–H and O–H groups in total. The number of halogens is 1. The molecular weight excluding hydrogens is 608 g/mol. The number of hydrogen-bond donors (Lipinski definition) is 3. The first-order valence-electron chi connectivity index (χ1n) is 13.7. The lowest BCUT2D eigenvalue weighted by Gasteiger charge is -2.14. The molecule has 4 aromatic rings. The summed E-state index contributed by atoms with van der Waals surface area (Å²) in [5.41, 5.74) is 5.29. The fourth-order valence-electron chi connectivity index (χ4n) is 5.17. The van der Waals surface area contributed by atoms with Crippen molar-refractivity contribution in [3.63, 3.8) is 0 Å². The highest BCUT2D eigenvalue weighted by Gasteiger charge is 2.24. The van der Waals surface area contributed by atoms with Gasteiger partial charge in [-0.25, -0.2) is 13.2 Å². The van der Waals surface area contributed by atoms with Crippen molar-refractivity contribution in [1.82, 2.24) is 0 Å². The molecule has 43 heavy (non-hydrogen) atoms. The van der Waals surface area contributed by atoms with Gasteiger partial charge in [0.1, 0.15) is 5.00 Å². The minimum atomic E-state index is -4.00. The monoisotopic (exact) mass is 636 g/mol. The minimum Gasteiger partial charge on any atom is -0.478 e. The van der Waals surface area contributed by atoms with E-state index in [9.17, 15) is 27.9 Å². The summed E-state index contributed by atoms with van der Waals surface area (Å²) in [6.07, 6.45) is 5.09. The number of amides is 2. The van der Waals surface area contributed by atoms with Crippen molar-refractivity contribution in [2.24, 2.45) is 0 Å². The summed E-state index contributed by atoms with van der Waals surface area (Å²) in [5, 5.41) is 15.6. The third-order valence-corrected chi connectivity index (χ3v) is 10.0. The van der Waals surface area contributed by atoms with Crippen LogP contribution in [-0.4, -0.2) is 31.3 Å². The molecule has 5 rings (SSSR count). The zero-order valence-corrected chi connectivity index (χ0v) is 25.7. The van der Waals surface area contributed by atoms with Crippen molar-refractivity contribution >= 4 is 59.5 Å². The second-order valence-electron chi connectivity index (χ2n) is 10.4. The molecule has 0 bridgehead atoms. The Kier molecular flexibility index (Phi) is 9.00. The number of carboxylic acid groups (broad SMARTS) is 1. The van der Waals surface area contributed by atoms with E-state index in [1.54, 1.807) is 25.1 Å². The number of nitrogens with one attached hydrogen (secondary N) is 2. The van der Waals surface area contributed by atoms with E-state index in [1.165, 1.54) is 35.6 Å². The largest absolute Gasteiger partial charge is 0.478 e. The average molecular weight is 637 g/mol. The smallest absolute Gasteiger partial charge is 0.335 e.